The molecule has 79 heavy (non-hydrogen) atoms. The van der Waals surface area contributed by atoms with Crippen molar-refractivity contribution in [2.75, 3.05) is 47.5 Å². The van der Waals surface area contributed by atoms with E-state index in [-0.39, 0.29) is 38.6 Å². The van der Waals surface area contributed by atoms with E-state index < -0.39 is 24.3 Å². The number of hydrogen-bond acceptors (Lipinski definition) is 7. The number of ether oxygens (including phenoxy) is 4. The Morgan fingerprint density at radius 1 is 0.392 bits per heavy atom. The van der Waals surface area contributed by atoms with Gasteiger partial charge in [-0.2, -0.15) is 0 Å². The minimum Gasteiger partial charge on any atom is -0.477 e. The first-order chi connectivity index (χ1) is 38.6. The van der Waals surface area contributed by atoms with Crippen LogP contribution in [-0.4, -0.2) is 87.4 Å². The Hall–Kier alpha value is -3.27. The normalized spacial score (nSPS) is 13.2. The Kier molecular flexibility index (Phi) is 58.3. The summed E-state index contributed by atoms with van der Waals surface area (Å²) in [5.74, 6) is -2.11. The molecule has 0 fully saturated rings. The van der Waals surface area contributed by atoms with Crippen LogP contribution in [0.1, 0.15) is 296 Å². The molecule has 0 amide bonds. The Morgan fingerprint density at radius 2 is 0.747 bits per heavy atom. The first-order valence-electron chi connectivity index (χ1n) is 33.1. The Labute approximate surface area is 487 Å². The lowest BCUT2D eigenvalue weighted by molar-refractivity contribution is -0.870. The summed E-state index contributed by atoms with van der Waals surface area (Å²) in [6.45, 7) is 4.68. The molecule has 458 valence electrons. The zero-order valence-electron chi connectivity index (χ0n) is 52.3. The molecule has 0 heterocycles. The molecule has 0 aliphatic heterocycles. The van der Waals surface area contributed by atoms with Crippen molar-refractivity contribution in [2.24, 2.45) is 0 Å². The van der Waals surface area contributed by atoms with Crippen molar-refractivity contribution in [3.8, 4) is 0 Å². The van der Waals surface area contributed by atoms with Crippen LogP contribution in [0.2, 0.25) is 0 Å². The summed E-state index contributed by atoms with van der Waals surface area (Å²) in [4.78, 5) is 37.3. The molecule has 0 aliphatic rings. The molecule has 9 heteroatoms. The van der Waals surface area contributed by atoms with E-state index >= 15 is 0 Å². The van der Waals surface area contributed by atoms with Crippen molar-refractivity contribution in [3.63, 3.8) is 0 Å². The molecular formula is C70H126NO8+. The highest BCUT2D eigenvalue weighted by molar-refractivity contribution is 5.71. The number of unbranched alkanes of at least 4 members (excludes halogenated alkanes) is 34. The van der Waals surface area contributed by atoms with Crippen LogP contribution < -0.4 is 0 Å². The standard InChI is InChI=1S/C70H125NO8/c1-6-8-10-12-14-16-18-20-21-22-23-24-25-26-27-28-29-30-31-32-33-34-35-36-37-38-39-40-41-42-43-44-45-46-47-49-50-52-54-56-58-60-67(72)77-64-66(65-78-70(69(74)75)76-63-62-71(3,4)5)79-68(73)61-59-57-55-53-51-48-19-17-15-13-11-9-7-2/h9,11,15,17-18,20,22-23,48,51,55,57,66,70H,6-8,10,12-14,16,19,21,24-47,49-50,52-54,56,58-65H2,1-5H3/p+1/b11-9-,17-15-,20-18-,23-22-,51-48-,57-55-. The maximum atomic E-state index is 12.8. The molecule has 0 aromatic heterocycles. The highest BCUT2D eigenvalue weighted by atomic mass is 16.7. The number of likely N-dealkylation sites (N-methyl/N-ethyl adjacent to an activating group) is 1. The van der Waals surface area contributed by atoms with Crippen LogP contribution in [-0.2, 0) is 33.3 Å². The van der Waals surface area contributed by atoms with Crippen molar-refractivity contribution >= 4 is 17.9 Å². The monoisotopic (exact) mass is 1110 g/mol. The Bertz CT molecular complexity index is 1520. The number of carboxylic acids is 1. The fourth-order valence-corrected chi connectivity index (χ4v) is 9.41. The van der Waals surface area contributed by atoms with E-state index in [1.165, 1.54) is 212 Å². The zero-order chi connectivity index (χ0) is 57.6. The molecule has 0 bridgehead atoms. The highest BCUT2D eigenvalue weighted by Gasteiger charge is 2.25. The third kappa shape index (κ3) is 62.2. The second kappa shape index (κ2) is 60.8. The number of aliphatic carboxylic acids is 1. The van der Waals surface area contributed by atoms with Gasteiger partial charge in [-0.1, -0.05) is 286 Å². The van der Waals surface area contributed by atoms with E-state index in [1.807, 2.05) is 33.3 Å². The first-order valence-corrected chi connectivity index (χ1v) is 33.1. The maximum absolute atomic E-state index is 12.8. The van der Waals surface area contributed by atoms with E-state index in [0.29, 0.717) is 17.4 Å². The summed E-state index contributed by atoms with van der Waals surface area (Å²) in [6, 6.07) is 0. The SMILES string of the molecule is CC/C=C\C/C=C\C/C=C\C/C=C\CCC(=O)OC(COC(=O)CCCCCCCCCCCCCCCCCCCCCCCCCCCCCCC/C=C\C/C=C\CCCCCCC)COC(OCC[N+](C)(C)C)C(=O)O. The highest BCUT2D eigenvalue weighted by Crippen LogP contribution is 2.18. The van der Waals surface area contributed by atoms with E-state index in [1.54, 1.807) is 0 Å². The quantitative estimate of drug-likeness (QED) is 0.0211. The minimum atomic E-state index is -1.53. The smallest absolute Gasteiger partial charge is 0.361 e. The molecule has 9 nitrogen and oxygen atoms in total. The molecule has 0 saturated carbocycles. The van der Waals surface area contributed by atoms with Crippen molar-refractivity contribution in [3.05, 3.63) is 72.9 Å². The van der Waals surface area contributed by atoms with Crippen molar-refractivity contribution in [1.29, 1.82) is 0 Å². The largest absolute Gasteiger partial charge is 0.477 e. The molecule has 0 aromatic rings. The second-order valence-corrected chi connectivity index (χ2v) is 23.4. The molecule has 0 radical (unpaired) electrons. The third-order valence-corrected chi connectivity index (χ3v) is 14.5. The van der Waals surface area contributed by atoms with Crippen LogP contribution in [0.3, 0.4) is 0 Å². The summed E-state index contributed by atoms with van der Waals surface area (Å²) in [7, 11) is 5.95. The van der Waals surface area contributed by atoms with Gasteiger partial charge in [-0.05, 0) is 70.6 Å². The van der Waals surface area contributed by atoms with Crippen molar-refractivity contribution < 1.29 is 42.9 Å². The number of quaternary nitrogens is 1. The predicted octanol–water partition coefficient (Wildman–Crippen LogP) is 20.1. The van der Waals surface area contributed by atoms with Gasteiger partial charge in [-0.3, -0.25) is 9.59 Å². The Morgan fingerprint density at radius 3 is 1.13 bits per heavy atom. The third-order valence-electron chi connectivity index (χ3n) is 14.5. The second-order valence-electron chi connectivity index (χ2n) is 23.4. The molecule has 2 unspecified atom stereocenters. The minimum absolute atomic E-state index is 0.139. The van der Waals surface area contributed by atoms with Gasteiger partial charge < -0.3 is 28.5 Å². The average Bonchev–Trinajstić information content (AvgIpc) is 3.42. The lowest BCUT2D eigenvalue weighted by Gasteiger charge is -2.25. The number of nitrogens with zero attached hydrogens (tertiary/aromatic N) is 1. The molecule has 0 rings (SSSR count). The average molecular weight is 1110 g/mol. The topological polar surface area (TPSA) is 108 Å². The summed E-state index contributed by atoms with van der Waals surface area (Å²) in [6.07, 6.45) is 77.9. The molecule has 1 N–H and O–H groups in total. The van der Waals surface area contributed by atoms with Gasteiger partial charge in [-0.25, -0.2) is 4.79 Å². The van der Waals surface area contributed by atoms with E-state index in [9.17, 15) is 19.5 Å². The molecular weight excluding hydrogens is 983 g/mol. The van der Waals surface area contributed by atoms with E-state index in [4.69, 9.17) is 18.9 Å². The Balaban J connectivity index is 3.89. The maximum Gasteiger partial charge on any atom is 0.361 e. The summed E-state index contributed by atoms with van der Waals surface area (Å²) < 4.78 is 22.8. The summed E-state index contributed by atoms with van der Waals surface area (Å²) in [5.41, 5.74) is 0. The molecule has 0 aliphatic carbocycles. The van der Waals surface area contributed by atoms with Gasteiger partial charge in [0.1, 0.15) is 13.2 Å². The summed E-state index contributed by atoms with van der Waals surface area (Å²) >= 11 is 0. The van der Waals surface area contributed by atoms with Crippen molar-refractivity contribution in [2.45, 2.75) is 309 Å². The van der Waals surface area contributed by atoms with E-state index in [2.05, 4.69) is 74.6 Å². The molecule has 2 atom stereocenters. The molecule has 0 aromatic carbocycles. The number of allylic oxidation sites excluding steroid dienone is 12. The molecule has 0 saturated heterocycles. The lowest BCUT2D eigenvalue weighted by atomic mass is 10.0. The number of carbonyl (C=O) groups excluding carboxylic acids is 2. The lowest BCUT2D eigenvalue weighted by Crippen LogP contribution is -2.40. The van der Waals surface area contributed by atoms with Gasteiger partial charge in [0.15, 0.2) is 6.10 Å². The number of rotatable bonds is 61. The van der Waals surface area contributed by atoms with Gasteiger partial charge >= 0.3 is 17.9 Å². The van der Waals surface area contributed by atoms with Crippen LogP contribution in [0.25, 0.3) is 0 Å². The van der Waals surface area contributed by atoms with Gasteiger partial charge in [0.25, 0.3) is 6.29 Å². The van der Waals surface area contributed by atoms with Crippen LogP contribution in [0, 0.1) is 0 Å². The molecule has 0 spiro atoms. The number of carboxylic acid groups (broad SMARTS) is 1. The van der Waals surface area contributed by atoms with Crippen LogP contribution in [0.15, 0.2) is 72.9 Å². The number of esters is 2. The fourth-order valence-electron chi connectivity index (χ4n) is 9.41. The van der Waals surface area contributed by atoms with Gasteiger partial charge in [-0.15, -0.1) is 0 Å². The van der Waals surface area contributed by atoms with Gasteiger partial charge in [0.2, 0.25) is 0 Å². The van der Waals surface area contributed by atoms with Crippen LogP contribution in [0.4, 0.5) is 0 Å². The fraction of sp³-hybridized carbons (Fsp3) is 0.786. The van der Waals surface area contributed by atoms with Gasteiger partial charge in [0, 0.05) is 12.8 Å². The summed E-state index contributed by atoms with van der Waals surface area (Å²) in [5, 5.41) is 9.68. The van der Waals surface area contributed by atoms with Gasteiger partial charge in [0.05, 0.1) is 34.4 Å². The van der Waals surface area contributed by atoms with Crippen molar-refractivity contribution in [1.82, 2.24) is 0 Å². The number of carbonyl (C=O) groups is 3. The van der Waals surface area contributed by atoms with Crippen LogP contribution >= 0.6 is 0 Å². The van der Waals surface area contributed by atoms with E-state index in [0.717, 1.165) is 51.4 Å². The first kappa shape index (κ1) is 75.7. The zero-order valence-corrected chi connectivity index (χ0v) is 52.3. The predicted molar refractivity (Wildman–Crippen MR) is 336 cm³/mol. The van der Waals surface area contributed by atoms with Crippen LogP contribution in [0.5, 0.6) is 0 Å². The number of hydrogen-bond donors (Lipinski definition) is 1.